The van der Waals surface area contributed by atoms with Crippen LogP contribution in [0.1, 0.15) is 0 Å². The van der Waals surface area contributed by atoms with Gasteiger partial charge in [-0.1, -0.05) is 0 Å². The highest BCUT2D eigenvalue weighted by atomic mass is 127. The van der Waals surface area contributed by atoms with Gasteiger partial charge in [-0.25, -0.2) is 9.97 Å². The Balaban J connectivity index is 2.87. The lowest BCUT2D eigenvalue weighted by atomic mass is 10.7. The van der Waals surface area contributed by atoms with E-state index in [1.165, 1.54) is 0 Å². The summed E-state index contributed by atoms with van der Waals surface area (Å²) in [5.41, 5.74) is 0.859. The molecule has 2 aromatic heterocycles. The van der Waals surface area contributed by atoms with Crippen LogP contribution in [0, 0.1) is 3.70 Å². The van der Waals surface area contributed by atoms with Crippen molar-refractivity contribution in [3.8, 4) is 0 Å². The zero-order valence-electron chi connectivity index (χ0n) is 5.33. The van der Waals surface area contributed by atoms with E-state index in [1.807, 2.05) is 10.6 Å². The minimum Gasteiger partial charge on any atom is -0.290 e. The van der Waals surface area contributed by atoms with Gasteiger partial charge in [0.1, 0.15) is 8.30 Å². The lowest BCUT2D eigenvalue weighted by Crippen LogP contribution is -1.88. The third-order valence-corrected chi connectivity index (χ3v) is 2.46. The van der Waals surface area contributed by atoms with Crippen LogP contribution in [-0.2, 0) is 0 Å². The van der Waals surface area contributed by atoms with Crippen LogP contribution < -0.4 is 0 Å². The van der Waals surface area contributed by atoms with E-state index in [0.717, 1.165) is 14.0 Å². The van der Waals surface area contributed by atoms with Crippen LogP contribution in [-0.4, -0.2) is 14.4 Å². The molecule has 56 valence electrons. The van der Waals surface area contributed by atoms with E-state index in [0.29, 0.717) is 0 Å². The number of nitrogens with zero attached hydrogens (tertiary/aromatic N) is 3. The van der Waals surface area contributed by atoms with Gasteiger partial charge in [0.15, 0.2) is 5.65 Å². The molecule has 2 aromatic rings. The lowest BCUT2D eigenvalue weighted by molar-refractivity contribution is 1.08. The highest BCUT2D eigenvalue weighted by Crippen LogP contribution is 2.12. The molecule has 0 unspecified atom stereocenters. The van der Waals surface area contributed by atoms with Crippen LogP contribution in [0.2, 0.25) is 0 Å². The summed E-state index contributed by atoms with van der Waals surface area (Å²) in [7, 11) is 0. The zero-order valence-corrected chi connectivity index (χ0v) is 9.07. The monoisotopic (exact) mass is 323 g/mol. The predicted octanol–water partition coefficient (Wildman–Crippen LogP) is 2.10. The Morgan fingerprint density at radius 3 is 3.00 bits per heavy atom. The van der Waals surface area contributed by atoms with Crippen LogP contribution in [0.3, 0.4) is 0 Å². The summed E-state index contributed by atoms with van der Waals surface area (Å²) < 4.78 is 3.84. The van der Waals surface area contributed by atoms with Gasteiger partial charge >= 0.3 is 0 Å². The van der Waals surface area contributed by atoms with Crippen LogP contribution in [0.25, 0.3) is 5.65 Å². The van der Waals surface area contributed by atoms with Crippen molar-refractivity contribution < 1.29 is 0 Å². The zero-order chi connectivity index (χ0) is 7.84. The number of hydrogen-bond acceptors (Lipinski definition) is 2. The van der Waals surface area contributed by atoms with E-state index in [9.17, 15) is 0 Å². The number of halogens is 2. The maximum atomic E-state index is 4.11. The van der Waals surface area contributed by atoms with Crippen LogP contribution >= 0.6 is 38.5 Å². The Morgan fingerprint density at radius 1 is 1.36 bits per heavy atom. The number of fused-ring (bicyclic) bond motifs is 1. The fraction of sp³-hybridized carbons (Fsp3) is 0. The normalized spacial score (nSPS) is 10.7. The number of aromatic nitrogens is 3. The van der Waals surface area contributed by atoms with Crippen molar-refractivity contribution in [2.45, 2.75) is 0 Å². The molecule has 5 heteroatoms. The first-order valence-corrected chi connectivity index (χ1v) is 4.78. The number of hydrogen-bond donors (Lipinski definition) is 0. The van der Waals surface area contributed by atoms with E-state index in [2.05, 4.69) is 48.5 Å². The Kier molecular flexibility index (Phi) is 1.84. The molecule has 0 saturated carbocycles. The minimum atomic E-state index is 0.859. The van der Waals surface area contributed by atoms with Gasteiger partial charge in [0.25, 0.3) is 0 Å². The summed E-state index contributed by atoms with van der Waals surface area (Å²) >= 11 is 5.53. The van der Waals surface area contributed by atoms with Gasteiger partial charge in [0.05, 0.1) is 12.4 Å². The third kappa shape index (κ3) is 1.26. The second-order valence-electron chi connectivity index (χ2n) is 2.02. The molecule has 0 atom stereocenters. The van der Waals surface area contributed by atoms with E-state index in [-0.39, 0.29) is 0 Å². The van der Waals surface area contributed by atoms with Crippen LogP contribution in [0.5, 0.6) is 0 Å². The molecule has 0 spiro atoms. The molecule has 0 aliphatic rings. The Bertz CT molecular complexity index is 398. The molecule has 11 heavy (non-hydrogen) atoms. The van der Waals surface area contributed by atoms with E-state index < -0.39 is 0 Å². The van der Waals surface area contributed by atoms with Crippen LogP contribution in [0.4, 0.5) is 0 Å². The second kappa shape index (κ2) is 2.71. The second-order valence-corrected chi connectivity index (χ2v) is 3.94. The smallest absolute Gasteiger partial charge is 0.156 e. The van der Waals surface area contributed by atoms with Gasteiger partial charge in [-0.05, 0) is 38.5 Å². The van der Waals surface area contributed by atoms with Gasteiger partial charge in [0.2, 0.25) is 0 Å². The van der Waals surface area contributed by atoms with E-state index in [4.69, 9.17) is 0 Å². The Labute approximate surface area is 85.1 Å². The van der Waals surface area contributed by atoms with Gasteiger partial charge in [-0.2, -0.15) is 0 Å². The minimum absolute atomic E-state index is 0.859. The number of imidazole rings is 1. The Morgan fingerprint density at radius 2 is 2.18 bits per heavy atom. The standard InChI is InChI=1S/C6H3BrIN3/c7-4-1-10-6-2-9-5(8)3-11(4)6/h1-3H. The molecule has 0 fully saturated rings. The molecule has 0 aliphatic heterocycles. The quantitative estimate of drug-likeness (QED) is 0.695. The largest absolute Gasteiger partial charge is 0.290 e. The molecule has 0 radical (unpaired) electrons. The molecule has 0 aliphatic carbocycles. The molecular weight excluding hydrogens is 321 g/mol. The molecule has 0 saturated heterocycles. The van der Waals surface area contributed by atoms with Gasteiger partial charge < -0.3 is 0 Å². The van der Waals surface area contributed by atoms with Crippen molar-refractivity contribution >= 4 is 44.2 Å². The maximum Gasteiger partial charge on any atom is 0.156 e. The summed E-state index contributed by atoms with van der Waals surface area (Å²) in [4.78, 5) is 8.21. The van der Waals surface area contributed by atoms with Crippen LogP contribution in [0.15, 0.2) is 23.2 Å². The highest BCUT2D eigenvalue weighted by Gasteiger charge is 1.99. The summed E-state index contributed by atoms with van der Waals surface area (Å²) in [5.74, 6) is 0. The average molecular weight is 324 g/mol. The van der Waals surface area contributed by atoms with Crippen molar-refractivity contribution in [3.05, 3.63) is 26.9 Å². The molecule has 0 aromatic carbocycles. The topological polar surface area (TPSA) is 30.2 Å². The van der Waals surface area contributed by atoms with Crippen molar-refractivity contribution in [2.75, 3.05) is 0 Å². The summed E-state index contributed by atoms with van der Waals surface area (Å²) in [5, 5.41) is 0. The third-order valence-electron chi connectivity index (χ3n) is 1.32. The molecule has 3 nitrogen and oxygen atoms in total. The SMILES string of the molecule is Brc1cnc2cnc(I)cn12. The average Bonchev–Trinajstić information content (AvgIpc) is 2.33. The summed E-state index contributed by atoms with van der Waals surface area (Å²) in [6.07, 6.45) is 5.42. The molecule has 2 heterocycles. The van der Waals surface area contributed by atoms with Crippen molar-refractivity contribution in [2.24, 2.45) is 0 Å². The predicted molar refractivity (Wildman–Crippen MR) is 53.4 cm³/mol. The van der Waals surface area contributed by atoms with Crippen molar-refractivity contribution in [3.63, 3.8) is 0 Å². The first kappa shape index (κ1) is 7.48. The first-order valence-electron chi connectivity index (χ1n) is 2.91. The van der Waals surface area contributed by atoms with Gasteiger partial charge in [-0.3, -0.25) is 4.40 Å². The molecule has 0 amide bonds. The summed E-state index contributed by atoms with van der Waals surface area (Å²) in [6, 6.07) is 0. The van der Waals surface area contributed by atoms with Crippen molar-refractivity contribution in [1.82, 2.24) is 14.4 Å². The lowest BCUT2D eigenvalue weighted by Gasteiger charge is -1.93. The Hall–Kier alpha value is -0.170. The molecule has 0 bridgehead atoms. The summed E-state index contributed by atoms with van der Waals surface area (Å²) in [6.45, 7) is 0. The molecule has 0 N–H and O–H groups in total. The maximum absolute atomic E-state index is 4.11. The molecular formula is C6H3BrIN3. The highest BCUT2D eigenvalue weighted by molar-refractivity contribution is 14.1. The van der Waals surface area contributed by atoms with Crippen molar-refractivity contribution in [1.29, 1.82) is 0 Å². The molecule has 2 rings (SSSR count). The first-order chi connectivity index (χ1) is 5.27. The number of rotatable bonds is 0. The fourth-order valence-electron chi connectivity index (χ4n) is 0.836. The van der Waals surface area contributed by atoms with E-state index in [1.54, 1.807) is 12.4 Å². The van der Waals surface area contributed by atoms with Gasteiger partial charge in [0, 0.05) is 6.20 Å². The van der Waals surface area contributed by atoms with Gasteiger partial charge in [-0.15, -0.1) is 0 Å². The van der Waals surface area contributed by atoms with E-state index >= 15 is 0 Å². The fourth-order valence-corrected chi connectivity index (χ4v) is 1.64.